The molecule has 4 heteroatoms. The zero-order chi connectivity index (χ0) is 28.3. The van der Waals surface area contributed by atoms with E-state index in [0.717, 1.165) is 37.7 Å². The lowest BCUT2D eigenvalue weighted by Crippen LogP contribution is -2.19. The van der Waals surface area contributed by atoms with E-state index in [0.29, 0.717) is 41.2 Å². The molecular weight excluding hydrogens is 505 g/mol. The summed E-state index contributed by atoms with van der Waals surface area (Å²) in [6.45, 7) is 4.87. The zero-order valence-corrected chi connectivity index (χ0v) is 24.0. The van der Waals surface area contributed by atoms with Crippen molar-refractivity contribution in [2.45, 2.75) is 90.6 Å². The summed E-state index contributed by atoms with van der Waals surface area (Å²) in [7, 11) is 0. The van der Waals surface area contributed by atoms with Crippen LogP contribution in [-0.2, 0) is 11.2 Å². The minimum atomic E-state index is -0.815. The highest BCUT2D eigenvalue weighted by Gasteiger charge is 2.22. The van der Waals surface area contributed by atoms with Gasteiger partial charge in [-0.25, -0.2) is 13.2 Å². The molecule has 1 nitrogen and oxygen atoms in total. The van der Waals surface area contributed by atoms with Gasteiger partial charge in [-0.05, 0) is 60.9 Å². The Morgan fingerprint density at radius 3 is 2.02 bits per heavy atom. The van der Waals surface area contributed by atoms with E-state index in [-0.39, 0.29) is 17.5 Å². The van der Waals surface area contributed by atoms with E-state index in [9.17, 15) is 4.39 Å². The molecule has 1 aliphatic heterocycles. The Hall–Kier alpha value is -2.85. The van der Waals surface area contributed by atoms with E-state index in [1.54, 1.807) is 48.5 Å². The fraction of sp³-hybridized carbons (Fsp3) is 0.444. The molecular formula is C36H43F3O. The van der Waals surface area contributed by atoms with Gasteiger partial charge in [0.25, 0.3) is 0 Å². The number of halogens is 3. The van der Waals surface area contributed by atoms with Crippen LogP contribution in [0.5, 0.6) is 0 Å². The second-order valence-corrected chi connectivity index (χ2v) is 11.1. The van der Waals surface area contributed by atoms with Crippen LogP contribution in [0.1, 0.15) is 95.3 Å². The van der Waals surface area contributed by atoms with Crippen LogP contribution in [0.25, 0.3) is 22.3 Å². The Morgan fingerprint density at radius 2 is 1.40 bits per heavy atom. The fourth-order valence-corrected chi connectivity index (χ4v) is 5.71. The van der Waals surface area contributed by atoms with Crippen molar-refractivity contribution in [3.8, 4) is 22.3 Å². The van der Waals surface area contributed by atoms with Gasteiger partial charge in [0.15, 0.2) is 11.6 Å². The maximum Gasteiger partial charge on any atom is 0.166 e. The summed E-state index contributed by atoms with van der Waals surface area (Å²) in [6.07, 6.45) is 15.9. The van der Waals surface area contributed by atoms with Gasteiger partial charge < -0.3 is 4.74 Å². The summed E-state index contributed by atoms with van der Waals surface area (Å²) >= 11 is 0. The smallest absolute Gasteiger partial charge is 0.166 e. The molecule has 1 saturated heterocycles. The quantitative estimate of drug-likeness (QED) is 0.152. The number of rotatable bonds is 13. The van der Waals surface area contributed by atoms with Crippen molar-refractivity contribution >= 4 is 0 Å². The Balaban J connectivity index is 1.36. The first kappa shape index (κ1) is 30.1. The average molecular weight is 549 g/mol. The normalized spacial score (nSPS) is 17.5. The van der Waals surface area contributed by atoms with Crippen molar-refractivity contribution in [2.24, 2.45) is 5.92 Å². The number of aryl methyl sites for hydroxylation is 1. The summed E-state index contributed by atoms with van der Waals surface area (Å²) in [4.78, 5) is 0. The molecule has 0 aliphatic carbocycles. The van der Waals surface area contributed by atoms with E-state index in [1.807, 2.05) is 19.1 Å². The van der Waals surface area contributed by atoms with Gasteiger partial charge in [-0.15, -0.1) is 0 Å². The van der Waals surface area contributed by atoms with Crippen molar-refractivity contribution in [1.29, 1.82) is 0 Å². The summed E-state index contributed by atoms with van der Waals surface area (Å²) in [6, 6.07) is 15.6. The number of allylic oxidation sites excluding steroid dienone is 1. The van der Waals surface area contributed by atoms with Crippen LogP contribution in [0.15, 0.2) is 66.7 Å². The van der Waals surface area contributed by atoms with E-state index < -0.39 is 11.6 Å². The largest absolute Gasteiger partial charge is 0.373 e. The highest BCUT2D eigenvalue weighted by Crippen LogP contribution is 2.35. The molecule has 0 radical (unpaired) electrons. The first-order valence-electron chi connectivity index (χ1n) is 15.1. The molecule has 0 aromatic heterocycles. The molecule has 2 unspecified atom stereocenters. The van der Waals surface area contributed by atoms with Crippen molar-refractivity contribution in [3.63, 3.8) is 0 Å². The molecule has 1 heterocycles. The van der Waals surface area contributed by atoms with Gasteiger partial charge in [-0.3, -0.25) is 0 Å². The van der Waals surface area contributed by atoms with Crippen LogP contribution in [0, 0.1) is 23.4 Å². The fourth-order valence-electron chi connectivity index (χ4n) is 5.71. The van der Waals surface area contributed by atoms with Crippen LogP contribution in [0.3, 0.4) is 0 Å². The Kier molecular flexibility index (Phi) is 11.5. The third-order valence-corrected chi connectivity index (χ3v) is 8.11. The molecule has 3 aromatic rings. The molecule has 3 aromatic carbocycles. The molecule has 0 amide bonds. The summed E-state index contributed by atoms with van der Waals surface area (Å²) in [5.74, 6) is -1.46. The van der Waals surface area contributed by atoms with Crippen molar-refractivity contribution in [3.05, 3.63) is 95.3 Å². The van der Waals surface area contributed by atoms with Crippen LogP contribution in [0.4, 0.5) is 13.2 Å². The predicted octanol–water partition coefficient (Wildman–Crippen LogP) is 11.2. The molecule has 214 valence electrons. The van der Waals surface area contributed by atoms with Gasteiger partial charge in [-0.1, -0.05) is 113 Å². The molecule has 0 spiro atoms. The predicted molar refractivity (Wildman–Crippen MR) is 160 cm³/mol. The third-order valence-electron chi connectivity index (χ3n) is 8.11. The second-order valence-electron chi connectivity index (χ2n) is 11.1. The van der Waals surface area contributed by atoms with Gasteiger partial charge in [-0.2, -0.15) is 0 Å². The molecule has 0 saturated carbocycles. The van der Waals surface area contributed by atoms with Crippen LogP contribution < -0.4 is 0 Å². The van der Waals surface area contributed by atoms with Gasteiger partial charge in [0.2, 0.25) is 0 Å². The molecule has 1 fully saturated rings. The van der Waals surface area contributed by atoms with Gasteiger partial charge in [0.05, 0.1) is 12.7 Å². The van der Waals surface area contributed by atoms with E-state index in [1.165, 1.54) is 32.1 Å². The molecule has 2 atom stereocenters. The Labute approximate surface area is 238 Å². The molecule has 1 aliphatic rings. The number of ether oxygens (including phenoxy) is 1. The summed E-state index contributed by atoms with van der Waals surface area (Å²) in [5, 5.41) is 0. The SMILES string of the molecule is C/C=C/C1CCC(c2ccc(-c3ccc(-c4ccc(CCCCCCCCCC)c(F)c4F)cc3)c(F)c2)OC1. The lowest BCUT2D eigenvalue weighted by molar-refractivity contribution is -0.00538. The molecule has 0 bridgehead atoms. The minimum absolute atomic E-state index is 0.0937. The summed E-state index contributed by atoms with van der Waals surface area (Å²) < 4.78 is 51.0. The minimum Gasteiger partial charge on any atom is -0.373 e. The molecule has 0 N–H and O–H groups in total. The van der Waals surface area contributed by atoms with Gasteiger partial charge >= 0.3 is 0 Å². The maximum atomic E-state index is 15.1. The van der Waals surface area contributed by atoms with Crippen molar-refractivity contribution in [1.82, 2.24) is 0 Å². The highest BCUT2D eigenvalue weighted by atomic mass is 19.2. The topological polar surface area (TPSA) is 9.23 Å². The van der Waals surface area contributed by atoms with Crippen LogP contribution in [0.2, 0.25) is 0 Å². The first-order chi connectivity index (χ1) is 19.5. The zero-order valence-electron chi connectivity index (χ0n) is 24.0. The van der Waals surface area contributed by atoms with Crippen LogP contribution >= 0.6 is 0 Å². The van der Waals surface area contributed by atoms with E-state index in [4.69, 9.17) is 4.74 Å². The Morgan fingerprint density at radius 1 is 0.750 bits per heavy atom. The number of unbranched alkanes of at least 4 members (excludes halogenated alkanes) is 7. The standard InChI is InChI=1S/C36H43F3O/c1-3-5-6-7-8-9-10-11-13-29-19-22-32(36(39)35(29)38)28-17-15-27(16-18-28)31-21-20-30(24-33(31)37)34-23-14-26(12-4-2)25-40-34/h4,12,15-22,24,26,34H,3,5-11,13-14,23,25H2,1-2H3/b12-4+. The molecule has 40 heavy (non-hydrogen) atoms. The highest BCUT2D eigenvalue weighted by molar-refractivity contribution is 5.71. The van der Waals surface area contributed by atoms with Crippen LogP contribution in [-0.4, -0.2) is 6.61 Å². The molecule has 4 rings (SSSR count). The monoisotopic (exact) mass is 548 g/mol. The van der Waals surface area contributed by atoms with Crippen molar-refractivity contribution < 1.29 is 17.9 Å². The average Bonchev–Trinajstić information content (AvgIpc) is 2.97. The van der Waals surface area contributed by atoms with Gasteiger partial charge in [0, 0.05) is 17.0 Å². The summed E-state index contributed by atoms with van der Waals surface area (Å²) in [5.41, 5.74) is 3.25. The number of benzene rings is 3. The number of hydrogen-bond donors (Lipinski definition) is 0. The van der Waals surface area contributed by atoms with Crippen molar-refractivity contribution in [2.75, 3.05) is 6.61 Å². The Bertz CT molecular complexity index is 1240. The van der Waals surface area contributed by atoms with E-state index >= 15 is 8.78 Å². The lowest BCUT2D eigenvalue weighted by atomic mass is 9.93. The lowest BCUT2D eigenvalue weighted by Gasteiger charge is -2.28. The number of hydrogen-bond acceptors (Lipinski definition) is 1. The van der Waals surface area contributed by atoms with E-state index in [2.05, 4.69) is 13.0 Å². The first-order valence-corrected chi connectivity index (χ1v) is 15.1. The van der Waals surface area contributed by atoms with Gasteiger partial charge in [0.1, 0.15) is 5.82 Å². The third kappa shape index (κ3) is 7.87. The maximum absolute atomic E-state index is 15.1. The second kappa shape index (κ2) is 15.2.